The van der Waals surface area contributed by atoms with E-state index in [1.165, 1.54) is 31.2 Å². The van der Waals surface area contributed by atoms with E-state index in [-0.39, 0.29) is 6.41 Å². The van der Waals surface area contributed by atoms with Crippen LogP contribution in [-0.2, 0) is 4.79 Å². The van der Waals surface area contributed by atoms with Gasteiger partial charge in [0, 0.05) is 12.1 Å². The maximum absolute atomic E-state index is 10.1. The maximum atomic E-state index is 10.1. The van der Waals surface area contributed by atoms with Crippen molar-refractivity contribution in [3.05, 3.63) is 29.3 Å². The highest BCUT2D eigenvalue weighted by molar-refractivity contribution is 5.42. The summed E-state index contributed by atoms with van der Waals surface area (Å²) in [5, 5.41) is 13.8. The van der Waals surface area contributed by atoms with E-state index in [0.717, 1.165) is 5.56 Å². The van der Waals surface area contributed by atoms with Crippen LogP contribution in [0.4, 0.5) is 0 Å². The molecule has 2 bridgehead atoms. The smallest absolute Gasteiger partial charge is 0.204 e. The predicted octanol–water partition coefficient (Wildman–Crippen LogP) is 1.80. The van der Waals surface area contributed by atoms with Gasteiger partial charge in [-0.05, 0) is 49.7 Å². The Morgan fingerprint density at radius 3 is 2.47 bits per heavy atom. The molecule has 1 aromatic carbocycles. The summed E-state index contributed by atoms with van der Waals surface area (Å²) in [5.74, 6) is 1.08. The third-order valence-corrected chi connectivity index (χ3v) is 4.18. The third kappa shape index (κ3) is 3.07. The fourth-order valence-electron chi connectivity index (χ4n) is 3.32. The quantitative estimate of drug-likeness (QED) is 0.675. The van der Waals surface area contributed by atoms with Crippen molar-refractivity contribution < 1.29 is 9.90 Å². The molecule has 4 heteroatoms. The number of piperidine rings is 1. The van der Waals surface area contributed by atoms with Crippen molar-refractivity contribution >= 4 is 6.41 Å². The molecule has 104 valence electrons. The number of rotatable bonds is 1. The molecule has 2 fully saturated rings. The molecular formula is C15H22N2O2. The summed E-state index contributed by atoms with van der Waals surface area (Å²) in [6.45, 7) is 1.98. The van der Waals surface area contributed by atoms with Crippen LogP contribution in [-0.4, -0.2) is 23.6 Å². The number of benzene rings is 1. The summed E-state index contributed by atoms with van der Waals surface area (Å²) in [5.41, 5.74) is 6.33. The summed E-state index contributed by atoms with van der Waals surface area (Å²) in [6.07, 6.45) is 5.25. The summed E-state index contributed by atoms with van der Waals surface area (Å²) >= 11 is 0. The summed E-state index contributed by atoms with van der Waals surface area (Å²) in [4.78, 5) is 8.58. The van der Waals surface area contributed by atoms with Crippen molar-refractivity contribution in [3.8, 4) is 5.75 Å². The Hall–Kier alpha value is -1.55. The second-order valence-electron chi connectivity index (χ2n) is 5.46. The number of aryl methyl sites for hydroxylation is 1. The van der Waals surface area contributed by atoms with Crippen LogP contribution >= 0.6 is 0 Å². The Balaban J connectivity index is 0.000000408. The van der Waals surface area contributed by atoms with E-state index < -0.39 is 0 Å². The molecular weight excluding hydrogens is 240 g/mol. The van der Waals surface area contributed by atoms with Crippen LogP contribution in [0.25, 0.3) is 0 Å². The van der Waals surface area contributed by atoms with Crippen LogP contribution in [0.3, 0.4) is 0 Å². The first-order chi connectivity index (χ1) is 9.15. The van der Waals surface area contributed by atoms with Crippen LogP contribution in [0.15, 0.2) is 18.2 Å². The number of aromatic hydroxyl groups is 1. The first-order valence-electron chi connectivity index (χ1n) is 6.85. The number of phenols is 1. The van der Waals surface area contributed by atoms with Crippen LogP contribution in [0.1, 0.15) is 42.7 Å². The van der Waals surface area contributed by atoms with E-state index in [1.54, 1.807) is 0 Å². The average Bonchev–Trinajstić information content (AvgIpc) is 2.73. The van der Waals surface area contributed by atoms with Gasteiger partial charge in [0.15, 0.2) is 0 Å². The van der Waals surface area contributed by atoms with E-state index >= 15 is 0 Å². The number of para-hydroxylation sites is 1. The average molecular weight is 262 g/mol. The Labute approximate surface area is 114 Å². The lowest BCUT2D eigenvalue weighted by atomic mass is 9.85. The molecule has 2 aliphatic heterocycles. The highest BCUT2D eigenvalue weighted by Crippen LogP contribution is 2.40. The van der Waals surface area contributed by atoms with Gasteiger partial charge in [0.05, 0.1) is 0 Å². The SMILES string of the molecule is Cc1cccc(C2CC3CCC(C2)N3)c1O.NC=O. The van der Waals surface area contributed by atoms with Crippen LogP contribution in [0.5, 0.6) is 5.75 Å². The summed E-state index contributed by atoms with van der Waals surface area (Å²) in [7, 11) is 0. The molecule has 0 aromatic heterocycles. The van der Waals surface area contributed by atoms with E-state index in [1.807, 2.05) is 13.0 Å². The molecule has 4 N–H and O–H groups in total. The second-order valence-corrected chi connectivity index (χ2v) is 5.46. The maximum Gasteiger partial charge on any atom is 0.204 e. The molecule has 19 heavy (non-hydrogen) atoms. The number of nitrogens with one attached hydrogen (secondary N) is 1. The fraction of sp³-hybridized carbons (Fsp3) is 0.533. The van der Waals surface area contributed by atoms with Crippen molar-refractivity contribution in [3.63, 3.8) is 0 Å². The van der Waals surface area contributed by atoms with E-state index in [2.05, 4.69) is 23.2 Å². The fourth-order valence-corrected chi connectivity index (χ4v) is 3.32. The number of primary amides is 1. The molecule has 0 radical (unpaired) electrons. The molecule has 2 aliphatic rings. The first kappa shape index (κ1) is 13.9. The number of fused-ring (bicyclic) bond motifs is 2. The molecule has 1 amide bonds. The Morgan fingerprint density at radius 2 is 1.89 bits per heavy atom. The second kappa shape index (κ2) is 6.06. The molecule has 2 heterocycles. The number of nitrogens with two attached hydrogens (primary N) is 1. The van der Waals surface area contributed by atoms with Gasteiger partial charge in [0.25, 0.3) is 0 Å². The zero-order valence-electron chi connectivity index (χ0n) is 11.3. The van der Waals surface area contributed by atoms with Crippen molar-refractivity contribution in [1.29, 1.82) is 0 Å². The zero-order valence-corrected chi connectivity index (χ0v) is 11.3. The van der Waals surface area contributed by atoms with Gasteiger partial charge < -0.3 is 16.2 Å². The number of hydrogen-bond acceptors (Lipinski definition) is 3. The van der Waals surface area contributed by atoms with Crippen molar-refractivity contribution in [2.75, 3.05) is 0 Å². The van der Waals surface area contributed by atoms with Gasteiger partial charge in [0.2, 0.25) is 6.41 Å². The van der Waals surface area contributed by atoms with Crippen molar-refractivity contribution in [2.45, 2.75) is 50.6 Å². The topological polar surface area (TPSA) is 75.3 Å². The molecule has 0 spiro atoms. The van der Waals surface area contributed by atoms with Gasteiger partial charge >= 0.3 is 0 Å². The lowest BCUT2D eigenvalue weighted by Crippen LogP contribution is -2.37. The Bertz CT molecular complexity index is 436. The van der Waals surface area contributed by atoms with Gasteiger partial charge in [0.1, 0.15) is 5.75 Å². The van der Waals surface area contributed by atoms with Crippen LogP contribution < -0.4 is 11.1 Å². The van der Waals surface area contributed by atoms with Crippen LogP contribution in [0, 0.1) is 6.92 Å². The first-order valence-corrected chi connectivity index (χ1v) is 6.85. The predicted molar refractivity (Wildman–Crippen MR) is 75.0 cm³/mol. The number of carbonyl (C=O) groups excluding carboxylic acids is 1. The van der Waals surface area contributed by atoms with Gasteiger partial charge in [-0.2, -0.15) is 0 Å². The zero-order chi connectivity index (χ0) is 13.8. The van der Waals surface area contributed by atoms with Crippen LogP contribution in [0.2, 0.25) is 0 Å². The molecule has 2 atom stereocenters. The molecule has 0 saturated carbocycles. The standard InChI is InChI=1S/C14H19NO.CH3NO/c1-9-3-2-4-13(14(9)16)10-7-11-5-6-12(8-10)15-11;2-1-3/h2-4,10-12,15-16H,5-8H2,1H3;1H,(H2,2,3). The Kier molecular flexibility index (Phi) is 4.43. The number of hydrogen-bond donors (Lipinski definition) is 3. The number of carbonyl (C=O) groups is 1. The third-order valence-electron chi connectivity index (χ3n) is 4.18. The lowest BCUT2D eigenvalue weighted by molar-refractivity contribution is -0.106. The largest absolute Gasteiger partial charge is 0.507 e. The minimum absolute atomic E-state index is 0.250. The lowest BCUT2D eigenvalue weighted by Gasteiger charge is -2.30. The number of phenolic OH excluding ortho intramolecular Hbond substituents is 1. The van der Waals surface area contributed by atoms with Gasteiger partial charge in [-0.1, -0.05) is 18.2 Å². The van der Waals surface area contributed by atoms with Crippen molar-refractivity contribution in [1.82, 2.24) is 5.32 Å². The molecule has 3 rings (SSSR count). The normalized spacial score (nSPS) is 28.4. The molecule has 2 unspecified atom stereocenters. The summed E-state index contributed by atoms with van der Waals surface area (Å²) < 4.78 is 0. The minimum Gasteiger partial charge on any atom is -0.507 e. The van der Waals surface area contributed by atoms with E-state index in [0.29, 0.717) is 23.8 Å². The molecule has 2 saturated heterocycles. The highest BCUT2D eigenvalue weighted by Gasteiger charge is 2.34. The summed E-state index contributed by atoms with van der Waals surface area (Å²) in [6, 6.07) is 7.51. The van der Waals surface area contributed by atoms with E-state index in [9.17, 15) is 5.11 Å². The Morgan fingerprint density at radius 1 is 1.32 bits per heavy atom. The van der Waals surface area contributed by atoms with Gasteiger partial charge in [-0.25, -0.2) is 0 Å². The van der Waals surface area contributed by atoms with Gasteiger partial charge in [-0.15, -0.1) is 0 Å². The molecule has 4 nitrogen and oxygen atoms in total. The van der Waals surface area contributed by atoms with Gasteiger partial charge in [-0.3, -0.25) is 4.79 Å². The minimum atomic E-state index is 0.250. The highest BCUT2D eigenvalue weighted by atomic mass is 16.3. The molecule has 0 aliphatic carbocycles. The molecule has 1 aromatic rings. The monoisotopic (exact) mass is 262 g/mol. The van der Waals surface area contributed by atoms with Crippen molar-refractivity contribution in [2.24, 2.45) is 5.73 Å². The van der Waals surface area contributed by atoms with E-state index in [4.69, 9.17) is 4.79 Å². The number of amides is 1.